The number of ether oxygens (including phenoxy) is 2. The van der Waals surface area contributed by atoms with E-state index in [9.17, 15) is 10.1 Å². The molecule has 0 unspecified atom stereocenters. The lowest BCUT2D eigenvalue weighted by molar-refractivity contribution is 0.104. The number of carbonyl (C=O) groups excluding carboxylic acids is 1. The zero-order valence-corrected chi connectivity index (χ0v) is 19.7. The lowest BCUT2D eigenvalue weighted by atomic mass is 10.0. The summed E-state index contributed by atoms with van der Waals surface area (Å²) in [7, 11) is 0. The summed E-state index contributed by atoms with van der Waals surface area (Å²) in [6.45, 7) is 1.47. The first kappa shape index (κ1) is 27.1. The van der Waals surface area contributed by atoms with Gasteiger partial charge in [-0.15, -0.1) is 0 Å². The molecule has 0 amide bonds. The van der Waals surface area contributed by atoms with Crippen LogP contribution in [0.5, 0.6) is 11.5 Å². The number of benzene rings is 2. The van der Waals surface area contributed by atoms with Crippen LogP contribution < -0.4 is 9.47 Å². The van der Waals surface area contributed by atoms with Crippen molar-refractivity contribution in [1.82, 2.24) is 0 Å². The van der Waals surface area contributed by atoms with Crippen LogP contribution in [0.25, 0.3) is 6.08 Å². The van der Waals surface area contributed by atoms with Gasteiger partial charge in [-0.25, -0.2) is 0 Å². The van der Waals surface area contributed by atoms with Gasteiger partial charge in [-0.2, -0.15) is 5.26 Å². The molecule has 0 atom stereocenters. The van der Waals surface area contributed by atoms with E-state index in [0.29, 0.717) is 35.8 Å². The summed E-state index contributed by atoms with van der Waals surface area (Å²) in [5, 5.41) is 27.4. The Hall–Kier alpha value is -3.14. The highest BCUT2D eigenvalue weighted by Gasteiger charge is 2.13. The van der Waals surface area contributed by atoms with Crippen LogP contribution in [0.4, 0.5) is 0 Å². The molecule has 34 heavy (non-hydrogen) atoms. The van der Waals surface area contributed by atoms with Crippen molar-refractivity contribution in [2.75, 3.05) is 26.4 Å². The minimum absolute atomic E-state index is 0.0544. The number of Topliss-reactive ketones (excluding diaryl/α,β-unsaturated/α-hetero) is 1. The van der Waals surface area contributed by atoms with E-state index in [4.69, 9.17) is 19.7 Å². The van der Waals surface area contributed by atoms with Gasteiger partial charge in [0.2, 0.25) is 5.78 Å². The maximum atomic E-state index is 12.7. The molecular weight excluding hydrogens is 430 g/mol. The van der Waals surface area contributed by atoms with Crippen LogP contribution in [0, 0.1) is 11.3 Å². The number of rotatable bonds is 17. The molecule has 2 rings (SSSR count). The SMILES string of the molecule is N#C/C(=C/c1ccc(OCCCCCCO)c(OCCCCCCO)c1)C(=O)c1ccccc1. The van der Waals surface area contributed by atoms with Crippen molar-refractivity contribution in [1.29, 1.82) is 5.26 Å². The zero-order chi connectivity index (χ0) is 24.4. The highest BCUT2D eigenvalue weighted by Crippen LogP contribution is 2.30. The standard InChI is InChI=1S/C28H35NO5/c29-22-25(28(32)24-12-6-5-7-13-24)20-23-14-15-26(33-18-10-3-1-8-16-30)27(21-23)34-19-11-4-2-9-17-31/h5-7,12-15,20-21,30-31H,1-4,8-11,16-19H2/b25-20-. The second kappa shape index (κ2) is 16.5. The fourth-order valence-electron chi connectivity index (χ4n) is 3.41. The Morgan fingerprint density at radius 3 is 1.97 bits per heavy atom. The van der Waals surface area contributed by atoms with Crippen molar-refractivity contribution in [2.45, 2.75) is 51.4 Å². The summed E-state index contributed by atoms with van der Waals surface area (Å²) in [6.07, 6.45) is 8.76. The van der Waals surface area contributed by atoms with E-state index < -0.39 is 0 Å². The first-order valence-corrected chi connectivity index (χ1v) is 12.0. The number of hydrogen-bond donors (Lipinski definition) is 2. The topological polar surface area (TPSA) is 99.8 Å². The average molecular weight is 466 g/mol. The van der Waals surface area contributed by atoms with Gasteiger partial charge in [-0.3, -0.25) is 4.79 Å². The number of nitriles is 1. The Kier molecular flexibility index (Phi) is 13.1. The van der Waals surface area contributed by atoms with Crippen molar-refractivity contribution in [2.24, 2.45) is 0 Å². The third-order valence-corrected chi connectivity index (χ3v) is 5.30. The number of unbranched alkanes of at least 4 members (excludes halogenated alkanes) is 6. The lowest BCUT2D eigenvalue weighted by Gasteiger charge is -2.14. The molecule has 0 fully saturated rings. The van der Waals surface area contributed by atoms with Crippen molar-refractivity contribution < 1.29 is 24.5 Å². The van der Waals surface area contributed by atoms with E-state index in [-0.39, 0.29) is 24.6 Å². The predicted octanol–water partition coefficient (Wildman–Crippen LogP) is 5.34. The van der Waals surface area contributed by atoms with Gasteiger partial charge in [0, 0.05) is 18.8 Å². The van der Waals surface area contributed by atoms with Gasteiger partial charge in [0.1, 0.15) is 11.6 Å². The van der Waals surface area contributed by atoms with Crippen molar-refractivity contribution in [3.63, 3.8) is 0 Å². The number of ketones is 1. The van der Waals surface area contributed by atoms with E-state index in [1.807, 2.05) is 24.3 Å². The molecule has 0 saturated heterocycles. The predicted molar refractivity (Wildman–Crippen MR) is 133 cm³/mol. The van der Waals surface area contributed by atoms with Gasteiger partial charge >= 0.3 is 0 Å². The molecule has 0 aliphatic carbocycles. The van der Waals surface area contributed by atoms with Crippen molar-refractivity contribution in [3.8, 4) is 17.6 Å². The highest BCUT2D eigenvalue weighted by molar-refractivity contribution is 6.14. The molecule has 0 aliphatic heterocycles. The van der Waals surface area contributed by atoms with Crippen molar-refractivity contribution >= 4 is 11.9 Å². The molecule has 2 N–H and O–H groups in total. The van der Waals surface area contributed by atoms with Gasteiger partial charge in [0.15, 0.2) is 11.5 Å². The zero-order valence-electron chi connectivity index (χ0n) is 19.7. The quantitative estimate of drug-likeness (QED) is 0.142. The maximum Gasteiger partial charge on any atom is 0.203 e. The molecular formula is C28H35NO5. The highest BCUT2D eigenvalue weighted by atomic mass is 16.5. The van der Waals surface area contributed by atoms with Crippen LogP contribution in [0.15, 0.2) is 54.1 Å². The van der Waals surface area contributed by atoms with E-state index in [0.717, 1.165) is 51.4 Å². The Morgan fingerprint density at radius 1 is 0.794 bits per heavy atom. The number of aliphatic hydroxyl groups is 2. The Morgan fingerprint density at radius 2 is 1.38 bits per heavy atom. The van der Waals surface area contributed by atoms with Gasteiger partial charge < -0.3 is 19.7 Å². The summed E-state index contributed by atoms with van der Waals surface area (Å²) in [4.78, 5) is 12.7. The second-order valence-corrected chi connectivity index (χ2v) is 8.04. The molecule has 0 spiro atoms. The monoisotopic (exact) mass is 465 g/mol. The molecule has 182 valence electrons. The summed E-state index contributed by atoms with van der Waals surface area (Å²) < 4.78 is 11.9. The van der Waals surface area contributed by atoms with E-state index in [1.165, 1.54) is 0 Å². The third kappa shape index (κ3) is 9.78. The Bertz CT molecular complexity index is 934. The van der Waals surface area contributed by atoms with Crippen LogP contribution in [0.2, 0.25) is 0 Å². The number of aliphatic hydroxyl groups excluding tert-OH is 2. The molecule has 2 aromatic carbocycles. The third-order valence-electron chi connectivity index (χ3n) is 5.30. The smallest absolute Gasteiger partial charge is 0.203 e. The molecule has 0 radical (unpaired) electrons. The molecule has 6 heteroatoms. The molecule has 0 aliphatic rings. The minimum Gasteiger partial charge on any atom is -0.490 e. The molecule has 0 saturated carbocycles. The van der Waals surface area contributed by atoms with Crippen LogP contribution in [-0.4, -0.2) is 42.4 Å². The van der Waals surface area contributed by atoms with Crippen molar-refractivity contribution in [3.05, 3.63) is 65.2 Å². The Labute approximate surface area is 202 Å². The molecule has 0 aromatic heterocycles. The van der Waals surface area contributed by atoms with Crippen LogP contribution in [0.3, 0.4) is 0 Å². The minimum atomic E-state index is -0.322. The first-order chi connectivity index (χ1) is 16.7. The van der Waals surface area contributed by atoms with Crippen LogP contribution in [-0.2, 0) is 0 Å². The van der Waals surface area contributed by atoms with Gasteiger partial charge in [-0.05, 0) is 62.3 Å². The normalized spacial score (nSPS) is 11.1. The number of hydrogen-bond acceptors (Lipinski definition) is 6. The van der Waals surface area contributed by atoms with Gasteiger partial charge in [0.05, 0.1) is 13.2 Å². The summed E-state index contributed by atoms with van der Waals surface area (Å²) in [6, 6.07) is 16.2. The van der Waals surface area contributed by atoms with E-state index in [1.54, 1.807) is 36.4 Å². The molecule has 6 nitrogen and oxygen atoms in total. The van der Waals surface area contributed by atoms with Crippen LogP contribution >= 0.6 is 0 Å². The van der Waals surface area contributed by atoms with E-state index in [2.05, 4.69) is 0 Å². The molecule has 2 aromatic rings. The van der Waals surface area contributed by atoms with Gasteiger partial charge in [0.25, 0.3) is 0 Å². The second-order valence-electron chi connectivity index (χ2n) is 8.04. The average Bonchev–Trinajstić information content (AvgIpc) is 2.87. The Balaban J connectivity index is 2.11. The number of allylic oxidation sites excluding steroid dienone is 1. The molecule has 0 heterocycles. The lowest BCUT2D eigenvalue weighted by Crippen LogP contribution is -2.04. The summed E-state index contributed by atoms with van der Waals surface area (Å²) in [5.41, 5.74) is 1.21. The van der Waals surface area contributed by atoms with E-state index >= 15 is 0 Å². The summed E-state index contributed by atoms with van der Waals surface area (Å²) >= 11 is 0. The van der Waals surface area contributed by atoms with Crippen LogP contribution in [0.1, 0.15) is 67.3 Å². The summed E-state index contributed by atoms with van der Waals surface area (Å²) in [5.74, 6) is 0.885. The molecule has 0 bridgehead atoms. The fourth-order valence-corrected chi connectivity index (χ4v) is 3.41. The largest absolute Gasteiger partial charge is 0.490 e. The maximum absolute atomic E-state index is 12.7. The number of nitrogens with zero attached hydrogens (tertiary/aromatic N) is 1. The first-order valence-electron chi connectivity index (χ1n) is 12.0. The van der Waals surface area contributed by atoms with Gasteiger partial charge in [-0.1, -0.05) is 49.2 Å². The fraction of sp³-hybridized carbons (Fsp3) is 0.429. The number of carbonyl (C=O) groups is 1.